The fourth-order valence-corrected chi connectivity index (χ4v) is 3.40. The molecule has 0 aromatic carbocycles. The molecule has 2 fully saturated rings. The van der Waals surface area contributed by atoms with Crippen LogP contribution in [0.4, 0.5) is 4.79 Å². The van der Waals surface area contributed by atoms with Crippen molar-refractivity contribution in [3.05, 3.63) is 0 Å². The van der Waals surface area contributed by atoms with Crippen LogP contribution in [0.5, 0.6) is 0 Å². The van der Waals surface area contributed by atoms with E-state index < -0.39 is 12.0 Å². The van der Waals surface area contributed by atoms with E-state index in [1.807, 2.05) is 6.92 Å². The fraction of sp³-hybridized carbons (Fsp3) is 0.867. The number of rotatable bonds is 4. The van der Waals surface area contributed by atoms with Crippen molar-refractivity contribution in [3.63, 3.8) is 0 Å². The predicted molar refractivity (Wildman–Crippen MR) is 76.5 cm³/mol. The highest BCUT2D eigenvalue weighted by Gasteiger charge is 2.34. The number of hydrogen-bond acceptors (Lipinski definition) is 2. The average Bonchev–Trinajstić information content (AvgIpc) is 2.91. The van der Waals surface area contributed by atoms with E-state index in [0.717, 1.165) is 18.8 Å². The second-order valence-electron chi connectivity index (χ2n) is 6.35. The molecular weight excluding hydrogens is 256 g/mol. The van der Waals surface area contributed by atoms with Crippen molar-refractivity contribution in [2.24, 2.45) is 11.8 Å². The second-order valence-corrected chi connectivity index (χ2v) is 6.35. The lowest BCUT2D eigenvalue weighted by Crippen LogP contribution is -2.53. The zero-order valence-electron chi connectivity index (χ0n) is 12.3. The molecule has 1 aliphatic heterocycles. The number of amides is 2. The Morgan fingerprint density at radius 1 is 1.25 bits per heavy atom. The molecule has 1 saturated carbocycles. The number of carbonyl (C=O) groups excluding carboxylic acids is 1. The molecule has 2 amide bonds. The van der Waals surface area contributed by atoms with Gasteiger partial charge in [-0.25, -0.2) is 9.59 Å². The summed E-state index contributed by atoms with van der Waals surface area (Å²) in [7, 11) is 0. The maximum Gasteiger partial charge on any atom is 0.326 e. The number of urea groups is 1. The number of hydrogen-bond donors (Lipinski definition) is 2. The fourth-order valence-electron chi connectivity index (χ4n) is 3.40. The SMILES string of the molecule is CC1CCN(C(=O)NCCC2CCCC2)C(C(=O)O)C1. The van der Waals surface area contributed by atoms with Crippen LogP contribution in [0, 0.1) is 11.8 Å². The van der Waals surface area contributed by atoms with Crippen LogP contribution in [-0.4, -0.2) is 41.1 Å². The summed E-state index contributed by atoms with van der Waals surface area (Å²) < 4.78 is 0. The molecule has 2 aliphatic rings. The number of piperidine rings is 1. The van der Waals surface area contributed by atoms with Gasteiger partial charge < -0.3 is 15.3 Å². The van der Waals surface area contributed by atoms with Crippen molar-refractivity contribution < 1.29 is 14.7 Å². The molecule has 0 radical (unpaired) electrons. The molecule has 114 valence electrons. The Morgan fingerprint density at radius 2 is 1.95 bits per heavy atom. The molecule has 0 aromatic heterocycles. The average molecular weight is 282 g/mol. The Kier molecular flexibility index (Phi) is 5.26. The van der Waals surface area contributed by atoms with Crippen LogP contribution in [0.25, 0.3) is 0 Å². The summed E-state index contributed by atoms with van der Waals surface area (Å²) in [4.78, 5) is 24.9. The summed E-state index contributed by atoms with van der Waals surface area (Å²) in [6.07, 6.45) is 7.63. The van der Waals surface area contributed by atoms with Gasteiger partial charge in [-0.15, -0.1) is 0 Å². The van der Waals surface area contributed by atoms with Crippen LogP contribution in [0.1, 0.15) is 51.9 Å². The van der Waals surface area contributed by atoms with Crippen LogP contribution in [0.3, 0.4) is 0 Å². The highest BCUT2D eigenvalue weighted by Crippen LogP contribution is 2.27. The summed E-state index contributed by atoms with van der Waals surface area (Å²) in [6.45, 7) is 3.26. The largest absolute Gasteiger partial charge is 0.480 e. The van der Waals surface area contributed by atoms with Crippen molar-refractivity contribution in [1.82, 2.24) is 10.2 Å². The molecule has 20 heavy (non-hydrogen) atoms. The van der Waals surface area contributed by atoms with Gasteiger partial charge in [-0.05, 0) is 31.1 Å². The topological polar surface area (TPSA) is 69.6 Å². The number of carbonyl (C=O) groups is 2. The Balaban J connectivity index is 1.78. The molecule has 2 atom stereocenters. The van der Waals surface area contributed by atoms with Crippen molar-refractivity contribution in [3.8, 4) is 0 Å². The van der Waals surface area contributed by atoms with Gasteiger partial charge in [0.05, 0.1) is 0 Å². The molecule has 0 spiro atoms. The molecule has 1 saturated heterocycles. The van der Waals surface area contributed by atoms with E-state index in [1.165, 1.54) is 30.6 Å². The number of nitrogens with zero attached hydrogens (tertiary/aromatic N) is 1. The van der Waals surface area contributed by atoms with Gasteiger partial charge in [0, 0.05) is 13.1 Å². The number of carboxylic acids is 1. The highest BCUT2D eigenvalue weighted by atomic mass is 16.4. The monoisotopic (exact) mass is 282 g/mol. The van der Waals surface area contributed by atoms with Gasteiger partial charge in [0.15, 0.2) is 0 Å². The van der Waals surface area contributed by atoms with Crippen LogP contribution in [-0.2, 0) is 4.79 Å². The van der Waals surface area contributed by atoms with E-state index in [9.17, 15) is 14.7 Å². The minimum Gasteiger partial charge on any atom is -0.480 e. The van der Waals surface area contributed by atoms with Gasteiger partial charge in [-0.1, -0.05) is 32.6 Å². The highest BCUT2D eigenvalue weighted by molar-refractivity contribution is 5.82. The van der Waals surface area contributed by atoms with Gasteiger partial charge in [-0.2, -0.15) is 0 Å². The normalized spacial score (nSPS) is 27.6. The van der Waals surface area contributed by atoms with Crippen LogP contribution >= 0.6 is 0 Å². The lowest BCUT2D eigenvalue weighted by Gasteiger charge is -2.36. The molecule has 1 heterocycles. The zero-order valence-corrected chi connectivity index (χ0v) is 12.3. The molecule has 2 unspecified atom stereocenters. The summed E-state index contributed by atoms with van der Waals surface area (Å²) in [5.41, 5.74) is 0. The van der Waals surface area contributed by atoms with Gasteiger partial charge in [0.1, 0.15) is 6.04 Å². The number of carboxylic acid groups (broad SMARTS) is 1. The molecule has 2 rings (SSSR count). The molecule has 5 nitrogen and oxygen atoms in total. The number of nitrogens with one attached hydrogen (secondary N) is 1. The maximum atomic E-state index is 12.1. The lowest BCUT2D eigenvalue weighted by atomic mass is 9.93. The first-order valence-corrected chi connectivity index (χ1v) is 7.85. The zero-order chi connectivity index (χ0) is 14.5. The van der Waals surface area contributed by atoms with Crippen LogP contribution in [0.15, 0.2) is 0 Å². The smallest absolute Gasteiger partial charge is 0.326 e. The minimum absolute atomic E-state index is 0.206. The Hall–Kier alpha value is -1.26. The van der Waals surface area contributed by atoms with E-state index in [1.54, 1.807) is 0 Å². The van der Waals surface area contributed by atoms with Gasteiger partial charge in [0.2, 0.25) is 0 Å². The molecular formula is C15H26N2O3. The van der Waals surface area contributed by atoms with Gasteiger partial charge in [0.25, 0.3) is 0 Å². The number of likely N-dealkylation sites (tertiary alicyclic amines) is 1. The third kappa shape index (κ3) is 3.87. The van der Waals surface area contributed by atoms with Crippen molar-refractivity contribution in [1.29, 1.82) is 0 Å². The molecule has 1 aliphatic carbocycles. The van der Waals surface area contributed by atoms with E-state index in [0.29, 0.717) is 25.4 Å². The maximum absolute atomic E-state index is 12.1. The molecule has 5 heteroatoms. The molecule has 0 aromatic rings. The van der Waals surface area contributed by atoms with E-state index in [2.05, 4.69) is 5.32 Å². The van der Waals surface area contributed by atoms with Crippen molar-refractivity contribution in [2.45, 2.75) is 57.9 Å². The third-order valence-corrected chi connectivity index (χ3v) is 4.71. The van der Waals surface area contributed by atoms with E-state index in [4.69, 9.17) is 0 Å². The van der Waals surface area contributed by atoms with E-state index >= 15 is 0 Å². The van der Waals surface area contributed by atoms with Crippen molar-refractivity contribution >= 4 is 12.0 Å². The summed E-state index contributed by atoms with van der Waals surface area (Å²) >= 11 is 0. The van der Waals surface area contributed by atoms with Crippen molar-refractivity contribution in [2.75, 3.05) is 13.1 Å². The summed E-state index contributed by atoms with van der Waals surface area (Å²) in [5, 5.41) is 12.2. The Labute approximate surface area is 120 Å². The summed E-state index contributed by atoms with van der Waals surface area (Å²) in [6, 6.07) is -0.868. The van der Waals surface area contributed by atoms with Crippen LogP contribution in [0.2, 0.25) is 0 Å². The molecule has 2 N–H and O–H groups in total. The predicted octanol–water partition coefficient (Wildman–Crippen LogP) is 2.46. The first-order valence-electron chi connectivity index (χ1n) is 7.85. The van der Waals surface area contributed by atoms with Crippen LogP contribution < -0.4 is 5.32 Å². The first-order chi connectivity index (χ1) is 9.58. The standard InChI is InChI=1S/C15H26N2O3/c1-11-7-9-17(13(10-11)14(18)19)15(20)16-8-6-12-4-2-3-5-12/h11-13H,2-10H2,1H3,(H,16,20)(H,18,19). The Bertz CT molecular complexity index is 353. The van der Waals surface area contributed by atoms with Gasteiger partial charge in [-0.3, -0.25) is 0 Å². The quantitative estimate of drug-likeness (QED) is 0.832. The molecule has 0 bridgehead atoms. The lowest BCUT2D eigenvalue weighted by molar-refractivity contribution is -0.143. The Morgan fingerprint density at radius 3 is 2.60 bits per heavy atom. The second kappa shape index (κ2) is 6.95. The van der Waals surface area contributed by atoms with E-state index in [-0.39, 0.29) is 6.03 Å². The van der Waals surface area contributed by atoms with Gasteiger partial charge >= 0.3 is 12.0 Å². The third-order valence-electron chi connectivity index (χ3n) is 4.71. The summed E-state index contributed by atoms with van der Waals surface area (Å²) in [5.74, 6) is 0.230. The number of aliphatic carboxylic acids is 1. The first kappa shape index (κ1) is 15.1. The minimum atomic E-state index is -0.887.